The van der Waals surface area contributed by atoms with Crippen LogP contribution in [0.5, 0.6) is 0 Å². The second kappa shape index (κ2) is 4.35. The summed E-state index contributed by atoms with van der Waals surface area (Å²) in [7, 11) is 0. The van der Waals surface area contributed by atoms with Crippen molar-refractivity contribution in [2.24, 2.45) is 5.92 Å². The lowest BCUT2D eigenvalue weighted by atomic mass is 9.83. The fourth-order valence-corrected chi connectivity index (χ4v) is 2.69. The molecule has 3 N–H and O–H groups in total. The number of hydrogen-bond acceptors (Lipinski definition) is 5. The van der Waals surface area contributed by atoms with E-state index in [1.54, 1.807) is 12.4 Å². The molecule has 0 aromatic carbocycles. The lowest BCUT2D eigenvalue weighted by Crippen LogP contribution is -2.39. The van der Waals surface area contributed by atoms with E-state index in [-0.39, 0.29) is 0 Å². The summed E-state index contributed by atoms with van der Waals surface area (Å²) in [4.78, 5) is 8.41. The first-order chi connectivity index (χ1) is 7.92. The molecule has 0 bridgehead atoms. The van der Waals surface area contributed by atoms with Crippen LogP contribution in [0, 0.1) is 5.92 Å². The molecule has 0 spiro atoms. The van der Waals surface area contributed by atoms with Gasteiger partial charge in [-0.05, 0) is 31.2 Å². The zero-order valence-electron chi connectivity index (χ0n) is 9.19. The van der Waals surface area contributed by atoms with Crippen LogP contribution in [0.4, 0.5) is 5.95 Å². The molecule has 3 unspecified atom stereocenters. The molecule has 1 aromatic heterocycles. The third-order valence-corrected chi connectivity index (χ3v) is 3.53. The van der Waals surface area contributed by atoms with Crippen molar-refractivity contribution in [3.05, 3.63) is 18.5 Å². The summed E-state index contributed by atoms with van der Waals surface area (Å²) >= 11 is 0. The Morgan fingerprint density at radius 3 is 3.00 bits per heavy atom. The number of fused-ring (bicyclic) bond motifs is 1. The van der Waals surface area contributed by atoms with E-state index in [0.717, 1.165) is 18.4 Å². The van der Waals surface area contributed by atoms with Gasteiger partial charge in [0.25, 0.3) is 0 Å². The van der Waals surface area contributed by atoms with E-state index in [9.17, 15) is 0 Å². The molecule has 2 fully saturated rings. The molecule has 3 atom stereocenters. The fourth-order valence-electron chi connectivity index (χ4n) is 2.69. The molecule has 0 radical (unpaired) electrons. The van der Waals surface area contributed by atoms with Crippen LogP contribution >= 0.6 is 0 Å². The molecular weight excluding hydrogens is 202 g/mol. The number of hydrazine groups is 1. The van der Waals surface area contributed by atoms with Crippen molar-refractivity contribution in [1.29, 1.82) is 0 Å². The number of nitrogens with one attached hydrogen (secondary N) is 3. The zero-order valence-corrected chi connectivity index (χ0v) is 9.19. The van der Waals surface area contributed by atoms with Crippen molar-refractivity contribution in [3.63, 3.8) is 0 Å². The summed E-state index contributed by atoms with van der Waals surface area (Å²) in [5.74, 6) is 1.50. The smallest absolute Gasteiger partial charge is 0.222 e. The summed E-state index contributed by atoms with van der Waals surface area (Å²) < 4.78 is 0. The minimum absolute atomic E-state index is 0.519. The number of aromatic nitrogens is 2. The summed E-state index contributed by atoms with van der Waals surface area (Å²) in [6.07, 6.45) is 7.17. The Morgan fingerprint density at radius 1 is 1.25 bits per heavy atom. The average Bonchev–Trinajstić information content (AvgIpc) is 2.77. The van der Waals surface area contributed by atoms with Gasteiger partial charge in [-0.25, -0.2) is 9.97 Å². The topological polar surface area (TPSA) is 61.9 Å². The minimum Gasteiger partial charge on any atom is -0.351 e. The van der Waals surface area contributed by atoms with Crippen LogP contribution in [0.25, 0.3) is 0 Å². The lowest BCUT2D eigenvalue weighted by molar-refractivity contribution is 0.314. The third-order valence-electron chi connectivity index (χ3n) is 3.53. The molecule has 5 nitrogen and oxygen atoms in total. The highest BCUT2D eigenvalue weighted by Gasteiger charge is 2.33. The monoisotopic (exact) mass is 219 g/mol. The van der Waals surface area contributed by atoms with Gasteiger partial charge in [-0.2, -0.15) is 0 Å². The van der Waals surface area contributed by atoms with E-state index in [4.69, 9.17) is 0 Å². The molecule has 1 aliphatic heterocycles. The zero-order chi connectivity index (χ0) is 10.8. The van der Waals surface area contributed by atoms with Gasteiger partial charge in [-0.1, -0.05) is 0 Å². The first-order valence-corrected chi connectivity index (χ1v) is 5.94. The van der Waals surface area contributed by atoms with Crippen LogP contribution in [0.2, 0.25) is 0 Å². The van der Waals surface area contributed by atoms with E-state index in [1.807, 2.05) is 6.07 Å². The van der Waals surface area contributed by atoms with Crippen LogP contribution in [-0.4, -0.2) is 28.6 Å². The number of rotatable bonds is 2. The van der Waals surface area contributed by atoms with Crippen LogP contribution in [0.15, 0.2) is 18.5 Å². The molecule has 1 aliphatic carbocycles. The summed E-state index contributed by atoms with van der Waals surface area (Å²) in [6.45, 7) is 1.08. The molecule has 1 aromatic rings. The second-order valence-electron chi connectivity index (χ2n) is 4.62. The summed E-state index contributed by atoms with van der Waals surface area (Å²) in [5, 5.41) is 3.42. The molecule has 3 rings (SSSR count). The molecule has 2 aliphatic rings. The van der Waals surface area contributed by atoms with Crippen LogP contribution < -0.4 is 16.2 Å². The average molecular weight is 219 g/mol. The van der Waals surface area contributed by atoms with Gasteiger partial charge in [0.1, 0.15) is 0 Å². The first kappa shape index (κ1) is 9.99. The normalized spacial score (nSPS) is 33.4. The van der Waals surface area contributed by atoms with Crippen LogP contribution in [0.1, 0.15) is 19.3 Å². The highest BCUT2D eigenvalue weighted by atomic mass is 15.4. The van der Waals surface area contributed by atoms with Gasteiger partial charge in [0, 0.05) is 31.0 Å². The van der Waals surface area contributed by atoms with Gasteiger partial charge in [0.05, 0.1) is 0 Å². The van der Waals surface area contributed by atoms with Crippen molar-refractivity contribution in [2.45, 2.75) is 31.3 Å². The van der Waals surface area contributed by atoms with Crippen molar-refractivity contribution in [1.82, 2.24) is 20.8 Å². The second-order valence-corrected chi connectivity index (χ2v) is 4.62. The molecule has 5 heteroatoms. The Kier molecular flexibility index (Phi) is 2.71. The van der Waals surface area contributed by atoms with E-state index in [1.165, 1.54) is 19.3 Å². The summed E-state index contributed by atoms with van der Waals surface area (Å²) in [6, 6.07) is 3.02. The van der Waals surface area contributed by atoms with Crippen LogP contribution in [0.3, 0.4) is 0 Å². The SMILES string of the molecule is c1cnc(NC2CCC3NNCC3C2)nc1. The van der Waals surface area contributed by atoms with Gasteiger partial charge >= 0.3 is 0 Å². The molecule has 1 saturated carbocycles. The molecule has 86 valence electrons. The first-order valence-electron chi connectivity index (χ1n) is 5.94. The van der Waals surface area contributed by atoms with Gasteiger partial charge in [0.2, 0.25) is 5.95 Å². The largest absolute Gasteiger partial charge is 0.351 e. The highest BCUT2D eigenvalue weighted by Crippen LogP contribution is 2.27. The Hall–Kier alpha value is -1.20. The van der Waals surface area contributed by atoms with Gasteiger partial charge in [-0.15, -0.1) is 0 Å². The van der Waals surface area contributed by atoms with Gasteiger partial charge in [-0.3, -0.25) is 10.9 Å². The van der Waals surface area contributed by atoms with Crippen molar-refractivity contribution in [3.8, 4) is 0 Å². The predicted octanol–water partition coefficient (Wildman–Crippen LogP) is 0.534. The molecule has 1 saturated heterocycles. The van der Waals surface area contributed by atoms with Gasteiger partial charge in [0.15, 0.2) is 0 Å². The predicted molar refractivity (Wildman–Crippen MR) is 61.7 cm³/mol. The minimum atomic E-state index is 0.519. The Bertz CT molecular complexity index is 341. The molecule has 16 heavy (non-hydrogen) atoms. The molecular formula is C11H17N5. The fraction of sp³-hybridized carbons (Fsp3) is 0.636. The number of hydrogen-bond donors (Lipinski definition) is 3. The molecule has 0 amide bonds. The van der Waals surface area contributed by atoms with E-state index in [0.29, 0.717) is 12.1 Å². The van der Waals surface area contributed by atoms with Crippen molar-refractivity contribution >= 4 is 5.95 Å². The molecule has 2 heterocycles. The van der Waals surface area contributed by atoms with Crippen LogP contribution in [-0.2, 0) is 0 Å². The maximum atomic E-state index is 4.20. The number of anilines is 1. The maximum absolute atomic E-state index is 4.20. The third kappa shape index (κ3) is 2.01. The Balaban J connectivity index is 1.60. The maximum Gasteiger partial charge on any atom is 0.222 e. The van der Waals surface area contributed by atoms with Crippen molar-refractivity contribution in [2.75, 3.05) is 11.9 Å². The van der Waals surface area contributed by atoms with E-state index < -0.39 is 0 Å². The lowest BCUT2D eigenvalue weighted by Gasteiger charge is -2.31. The van der Waals surface area contributed by atoms with Gasteiger partial charge < -0.3 is 5.32 Å². The van der Waals surface area contributed by atoms with E-state index >= 15 is 0 Å². The highest BCUT2D eigenvalue weighted by molar-refractivity contribution is 5.24. The van der Waals surface area contributed by atoms with E-state index in [2.05, 4.69) is 26.1 Å². The number of nitrogens with zero attached hydrogens (tertiary/aromatic N) is 2. The standard InChI is InChI=1S/C11H17N5/c1-4-12-11(13-5-1)15-9-2-3-10-8(6-9)7-14-16-10/h1,4-5,8-10,14,16H,2-3,6-7H2,(H,12,13,15). The Labute approximate surface area is 95.0 Å². The summed E-state index contributed by atoms with van der Waals surface area (Å²) in [5.41, 5.74) is 6.57. The quantitative estimate of drug-likeness (QED) is 0.677. The Morgan fingerprint density at radius 2 is 2.12 bits per heavy atom. The van der Waals surface area contributed by atoms with Crippen molar-refractivity contribution < 1.29 is 0 Å².